The number of para-hydroxylation sites is 1. The minimum absolute atomic E-state index is 0.196. The lowest BCUT2D eigenvalue weighted by Crippen LogP contribution is -2.94. The fraction of sp³-hybridized carbons (Fsp3) is 0.455. The summed E-state index contributed by atoms with van der Waals surface area (Å²) >= 11 is 5.94. The van der Waals surface area contributed by atoms with Crippen molar-refractivity contribution in [1.82, 2.24) is 0 Å². The smallest absolute Gasteiger partial charge is 0.128 e. The van der Waals surface area contributed by atoms with Gasteiger partial charge in [-0.3, -0.25) is 0 Å². The highest BCUT2D eigenvalue weighted by Gasteiger charge is 2.28. The fourth-order valence-corrected chi connectivity index (χ4v) is 3.51. The molecule has 3 heteroatoms. The fourth-order valence-electron chi connectivity index (χ4n) is 3.38. The molecule has 2 rings (SSSR count). The summed E-state index contributed by atoms with van der Waals surface area (Å²) in [5.74, 6) is 0.959. The first-order valence-corrected chi connectivity index (χ1v) is 9.32. The average Bonchev–Trinajstić information content (AvgIpc) is 2.51. The second-order valence-electron chi connectivity index (χ2n) is 8.66. The Labute approximate surface area is 157 Å². The maximum atomic E-state index is 6.07. The van der Waals surface area contributed by atoms with Gasteiger partial charge in [-0.15, -0.1) is 0 Å². The van der Waals surface area contributed by atoms with Gasteiger partial charge in [-0.1, -0.05) is 56.6 Å². The van der Waals surface area contributed by atoms with Crippen molar-refractivity contribution in [2.45, 2.75) is 59.7 Å². The van der Waals surface area contributed by atoms with E-state index in [0.717, 1.165) is 29.3 Å². The van der Waals surface area contributed by atoms with Gasteiger partial charge >= 0.3 is 0 Å². The van der Waals surface area contributed by atoms with Gasteiger partial charge in [-0.05, 0) is 49.1 Å². The molecule has 0 spiro atoms. The summed E-state index contributed by atoms with van der Waals surface area (Å²) in [5.41, 5.74) is 2.88. The van der Waals surface area contributed by atoms with Crippen molar-refractivity contribution in [1.29, 1.82) is 0 Å². The Hall–Kier alpha value is -1.51. The lowest BCUT2D eigenvalue weighted by molar-refractivity contribution is -0.737. The van der Waals surface area contributed by atoms with E-state index >= 15 is 0 Å². The van der Waals surface area contributed by atoms with Gasteiger partial charge in [0.15, 0.2) is 0 Å². The van der Waals surface area contributed by atoms with E-state index < -0.39 is 0 Å². The molecule has 0 bridgehead atoms. The summed E-state index contributed by atoms with van der Waals surface area (Å²) < 4.78 is 6.07. The number of hydrogen-bond acceptors (Lipinski definition) is 1. The standard InChI is InChI=1S/C22H30ClNO/c1-21(2,3)16-22(4,5)24-14-18-8-6-7-9-20(18)25-15-17-10-12-19(23)13-11-17/h6-13,24H,14-16H2,1-5H3/p+1. The van der Waals surface area contributed by atoms with Gasteiger partial charge < -0.3 is 10.1 Å². The highest BCUT2D eigenvalue weighted by atomic mass is 35.5. The van der Waals surface area contributed by atoms with Crippen molar-refractivity contribution in [3.63, 3.8) is 0 Å². The van der Waals surface area contributed by atoms with Crippen molar-refractivity contribution < 1.29 is 10.1 Å². The quantitative estimate of drug-likeness (QED) is 0.721. The third-order valence-electron chi connectivity index (χ3n) is 4.14. The van der Waals surface area contributed by atoms with Gasteiger partial charge in [0.05, 0.1) is 5.54 Å². The molecule has 0 unspecified atom stereocenters. The summed E-state index contributed by atoms with van der Waals surface area (Å²) in [5, 5.41) is 3.17. The molecule has 2 N–H and O–H groups in total. The summed E-state index contributed by atoms with van der Waals surface area (Å²) in [7, 11) is 0. The Bertz CT molecular complexity index is 671. The number of hydrogen-bond donors (Lipinski definition) is 1. The number of quaternary nitrogens is 1. The average molecular weight is 361 g/mol. The van der Waals surface area contributed by atoms with Crippen molar-refractivity contribution in [3.8, 4) is 5.75 Å². The van der Waals surface area contributed by atoms with Crippen molar-refractivity contribution in [2.75, 3.05) is 0 Å². The monoisotopic (exact) mass is 360 g/mol. The molecule has 0 saturated heterocycles. The molecule has 0 aliphatic rings. The van der Waals surface area contributed by atoms with Gasteiger partial charge in [0, 0.05) is 17.0 Å². The summed E-state index contributed by atoms with van der Waals surface area (Å²) in [6.45, 7) is 13.0. The van der Waals surface area contributed by atoms with Crippen LogP contribution in [0.25, 0.3) is 0 Å². The molecule has 25 heavy (non-hydrogen) atoms. The molecular formula is C22H31ClNO+. The van der Waals surface area contributed by atoms with Gasteiger partial charge in [0.25, 0.3) is 0 Å². The predicted molar refractivity (Wildman–Crippen MR) is 106 cm³/mol. The van der Waals surface area contributed by atoms with Crippen LogP contribution in [0.15, 0.2) is 48.5 Å². The van der Waals surface area contributed by atoms with Crippen LogP contribution in [0.5, 0.6) is 5.75 Å². The molecule has 0 amide bonds. The molecular weight excluding hydrogens is 330 g/mol. The summed E-state index contributed by atoms with van der Waals surface area (Å²) in [6, 6.07) is 16.1. The first-order valence-electron chi connectivity index (χ1n) is 8.94. The molecule has 0 heterocycles. The second-order valence-corrected chi connectivity index (χ2v) is 9.09. The Morgan fingerprint density at radius 1 is 0.920 bits per heavy atom. The van der Waals surface area contributed by atoms with E-state index in [1.165, 1.54) is 5.56 Å². The molecule has 2 aromatic rings. The molecule has 0 atom stereocenters. The van der Waals surface area contributed by atoms with Gasteiger partial charge in [0.2, 0.25) is 0 Å². The molecule has 0 fully saturated rings. The van der Waals surface area contributed by atoms with Crippen LogP contribution in [0, 0.1) is 5.41 Å². The largest absolute Gasteiger partial charge is 0.488 e. The zero-order chi connectivity index (χ0) is 18.5. The molecule has 0 aromatic heterocycles. The Morgan fingerprint density at radius 2 is 1.56 bits per heavy atom. The number of rotatable bonds is 7. The van der Waals surface area contributed by atoms with Crippen LogP contribution in [0.4, 0.5) is 0 Å². The molecule has 0 radical (unpaired) electrons. The SMILES string of the molecule is CC(C)(C)CC(C)(C)[NH2+]Cc1ccccc1OCc1ccc(Cl)cc1. The minimum Gasteiger partial charge on any atom is -0.488 e. The molecule has 0 aliphatic carbocycles. The predicted octanol–water partition coefficient (Wildman–Crippen LogP) is 5.20. The van der Waals surface area contributed by atoms with E-state index in [4.69, 9.17) is 16.3 Å². The van der Waals surface area contributed by atoms with Crippen LogP contribution in [0.3, 0.4) is 0 Å². The third kappa shape index (κ3) is 7.09. The molecule has 136 valence electrons. The van der Waals surface area contributed by atoms with E-state index in [0.29, 0.717) is 12.0 Å². The van der Waals surface area contributed by atoms with Crippen LogP contribution in [-0.2, 0) is 13.2 Å². The van der Waals surface area contributed by atoms with Crippen LogP contribution in [0.2, 0.25) is 5.02 Å². The van der Waals surface area contributed by atoms with Gasteiger partial charge in [-0.2, -0.15) is 0 Å². The highest BCUT2D eigenvalue weighted by molar-refractivity contribution is 6.30. The molecule has 0 saturated carbocycles. The Morgan fingerprint density at radius 3 is 2.20 bits per heavy atom. The van der Waals surface area contributed by atoms with Crippen molar-refractivity contribution in [2.24, 2.45) is 5.41 Å². The first-order chi connectivity index (χ1) is 11.6. The highest BCUT2D eigenvalue weighted by Crippen LogP contribution is 2.25. The topological polar surface area (TPSA) is 25.8 Å². The van der Waals surface area contributed by atoms with Crippen molar-refractivity contribution in [3.05, 3.63) is 64.7 Å². The van der Waals surface area contributed by atoms with E-state index in [2.05, 4.69) is 58.1 Å². The van der Waals surface area contributed by atoms with Crippen LogP contribution < -0.4 is 10.1 Å². The van der Waals surface area contributed by atoms with Gasteiger partial charge in [0.1, 0.15) is 18.9 Å². The minimum atomic E-state index is 0.196. The number of nitrogens with two attached hydrogens (primary N) is 1. The number of halogens is 1. The first kappa shape index (κ1) is 19.8. The lowest BCUT2D eigenvalue weighted by Gasteiger charge is -2.30. The maximum Gasteiger partial charge on any atom is 0.128 e. The molecule has 0 aliphatic heterocycles. The van der Waals surface area contributed by atoms with E-state index in [-0.39, 0.29) is 5.54 Å². The van der Waals surface area contributed by atoms with E-state index in [1.807, 2.05) is 30.3 Å². The third-order valence-corrected chi connectivity index (χ3v) is 4.39. The van der Waals surface area contributed by atoms with E-state index in [9.17, 15) is 0 Å². The molecule has 2 aromatic carbocycles. The van der Waals surface area contributed by atoms with Gasteiger partial charge in [-0.25, -0.2) is 0 Å². The summed E-state index contributed by atoms with van der Waals surface area (Å²) in [6.07, 6.45) is 1.16. The summed E-state index contributed by atoms with van der Waals surface area (Å²) in [4.78, 5) is 0. The van der Waals surface area contributed by atoms with Crippen LogP contribution in [0.1, 0.15) is 52.2 Å². The lowest BCUT2D eigenvalue weighted by atomic mass is 9.82. The maximum absolute atomic E-state index is 6.07. The van der Waals surface area contributed by atoms with Crippen molar-refractivity contribution >= 4 is 11.6 Å². The second kappa shape index (κ2) is 8.25. The zero-order valence-electron chi connectivity index (χ0n) is 16.1. The van der Waals surface area contributed by atoms with Crippen LogP contribution >= 0.6 is 11.6 Å². The molecule has 2 nitrogen and oxygen atoms in total. The Balaban J connectivity index is 1.99. The van der Waals surface area contributed by atoms with Crippen LogP contribution in [-0.4, -0.2) is 5.54 Å². The van der Waals surface area contributed by atoms with E-state index in [1.54, 1.807) is 0 Å². The Kier molecular flexibility index (Phi) is 6.53. The normalized spacial score (nSPS) is 12.2. The number of benzene rings is 2. The number of ether oxygens (including phenoxy) is 1. The zero-order valence-corrected chi connectivity index (χ0v) is 16.9.